The van der Waals surface area contributed by atoms with Crippen LogP contribution >= 0.6 is 0 Å². The van der Waals surface area contributed by atoms with E-state index in [-0.39, 0.29) is 25.0 Å². The molecule has 0 saturated heterocycles. The van der Waals surface area contributed by atoms with E-state index in [1.807, 2.05) is 24.3 Å². The van der Waals surface area contributed by atoms with Gasteiger partial charge < -0.3 is 20.5 Å². The minimum absolute atomic E-state index is 0.0539. The molecule has 0 aromatic heterocycles. The van der Waals surface area contributed by atoms with E-state index in [1.165, 1.54) is 0 Å². The molecule has 7 nitrogen and oxygen atoms in total. The van der Waals surface area contributed by atoms with E-state index >= 15 is 0 Å². The fourth-order valence-corrected chi connectivity index (χ4v) is 5.25. The van der Waals surface area contributed by atoms with Gasteiger partial charge in [0.25, 0.3) is 0 Å². The number of alkyl carbamates (subject to hydrolysis) is 1. The van der Waals surface area contributed by atoms with Crippen molar-refractivity contribution in [2.24, 2.45) is 5.41 Å². The number of carbonyl (C=O) groups is 3. The molecule has 0 bridgehead atoms. The van der Waals surface area contributed by atoms with Gasteiger partial charge in [-0.2, -0.15) is 0 Å². The fourth-order valence-electron chi connectivity index (χ4n) is 5.25. The number of carboxylic acids is 1. The van der Waals surface area contributed by atoms with Gasteiger partial charge in [-0.15, -0.1) is 0 Å². The lowest BCUT2D eigenvalue weighted by Gasteiger charge is -2.29. The van der Waals surface area contributed by atoms with Gasteiger partial charge in [-0.1, -0.05) is 61.4 Å². The van der Waals surface area contributed by atoms with Crippen LogP contribution in [0.1, 0.15) is 55.6 Å². The summed E-state index contributed by atoms with van der Waals surface area (Å²) < 4.78 is 5.65. The second-order valence-electron chi connectivity index (χ2n) is 9.51. The molecule has 0 unspecified atom stereocenters. The predicted octanol–water partition coefficient (Wildman–Crippen LogP) is 3.82. The molecule has 2 amide bonds. The van der Waals surface area contributed by atoms with Crippen LogP contribution in [0.4, 0.5) is 4.79 Å². The zero-order chi connectivity index (χ0) is 23.1. The lowest BCUT2D eigenvalue weighted by atomic mass is 9.95. The van der Waals surface area contributed by atoms with E-state index in [0.717, 1.165) is 35.1 Å². The van der Waals surface area contributed by atoms with Gasteiger partial charge in [0.15, 0.2) is 0 Å². The lowest BCUT2D eigenvalue weighted by molar-refractivity contribution is -0.143. The molecule has 0 spiro atoms. The number of rotatable bonds is 7. The molecule has 5 rings (SSSR count). The molecule has 2 fully saturated rings. The Morgan fingerprint density at radius 1 is 0.909 bits per heavy atom. The number of carbonyl (C=O) groups excluding carboxylic acids is 2. The number of hydrogen-bond acceptors (Lipinski definition) is 4. The Morgan fingerprint density at radius 2 is 1.48 bits per heavy atom. The fraction of sp³-hybridized carbons (Fsp3) is 0.423. The molecule has 3 aliphatic rings. The largest absolute Gasteiger partial charge is 0.481 e. The van der Waals surface area contributed by atoms with E-state index in [0.29, 0.717) is 25.7 Å². The Morgan fingerprint density at radius 3 is 2.03 bits per heavy atom. The quantitative estimate of drug-likeness (QED) is 0.597. The number of fused-ring (bicyclic) bond motifs is 3. The van der Waals surface area contributed by atoms with Crippen molar-refractivity contribution in [3.63, 3.8) is 0 Å². The van der Waals surface area contributed by atoms with Crippen molar-refractivity contribution in [3.8, 4) is 11.1 Å². The smallest absolute Gasteiger partial charge is 0.408 e. The number of benzene rings is 2. The van der Waals surface area contributed by atoms with Crippen LogP contribution in [0, 0.1) is 5.41 Å². The number of amides is 2. The molecule has 0 aliphatic heterocycles. The second-order valence-corrected chi connectivity index (χ2v) is 9.51. The van der Waals surface area contributed by atoms with Gasteiger partial charge in [0.1, 0.15) is 12.1 Å². The van der Waals surface area contributed by atoms with Crippen molar-refractivity contribution >= 4 is 18.0 Å². The molecule has 33 heavy (non-hydrogen) atoms. The van der Waals surface area contributed by atoms with Crippen molar-refractivity contribution in [2.45, 2.75) is 50.0 Å². The van der Waals surface area contributed by atoms with Gasteiger partial charge in [-0.25, -0.2) is 4.79 Å². The number of hydrogen-bond donors (Lipinski definition) is 3. The first-order valence-corrected chi connectivity index (χ1v) is 11.6. The molecule has 3 aliphatic carbocycles. The van der Waals surface area contributed by atoms with Crippen LogP contribution in [0.25, 0.3) is 11.1 Å². The summed E-state index contributed by atoms with van der Waals surface area (Å²) in [5, 5.41) is 15.0. The summed E-state index contributed by atoms with van der Waals surface area (Å²) in [5.74, 6) is -1.25. The monoisotopic (exact) mass is 448 g/mol. The third kappa shape index (κ3) is 3.86. The van der Waals surface area contributed by atoms with E-state index in [4.69, 9.17) is 4.74 Å². The Hall–Kier alpha value is -3.35. The SMILES string of the molecule is O=C(NC1(C(=O)NCC2(C(=O)O)CC2)CCCC1)OCC1c2ccccc2-c2ccccc21. The van der Waals surface area contributed by atoms with E-state index < -0.39 is 23.0 Å². The van der Waals surface area contributed by atoms with E-state index in [1.54, 1.807) is 0 Å². The Bertz CT molecular complexity index is 1060. The van der Waals surface area contributed by atoms with Gasteiger partial charge in [0.05, 0.1) is 5.41 Å². The molecule has 2 aromatic rings. The summed E-state index contributed by atoms with van der Waals surface area (Å²) in [4.78, 5) is 37.2. The molecule has 7 heteroatoms. The van der Waals surface area contributed by atoms with Crippen molar-refractivity contribution < 1.29 is 24.2 Å². The molecule has 2 saturated carbocycles. The molecule has 0 heterocycles. The van der Waals surface area contributed by atoms with Crippen molar-refractivity contribution in [3.05, 3.63) is 59.7 Å². The van der Waals surface area contributed by atoms with Gasteiger partial charge >= 0.3 is 12.1 Å². The Kier molecular flexibility index (Phi) is 5.35. The van der Waals surface area contributed by atoms with Crippen LogP contribution in [-0.2, 0) is 14.3 Å². The molecule has 172 valence electrons. The van der Waals surface area contributed by atoms with Gasteiger partial charge in [-0.05, 0) is 47.9 Å². The normalized spacial score (nSPS) is 19.3. The van der Waals surface area contributed by atoms with Crippen LogP contribution in [0.2, 0.25) is 0 Å². The molecular formula is C26H28N2O5. The molecule has 3 N–H and O–H groups in total. The maximum atomic E-state index is 13.0. The third-order valence-corrected chi connectivity index (χ3v) is 7.47. The van der Waals surface area contributed by atoms with Gasteiger partial charge in [-0.3, -0.25) is 9.59 Å². The van der Waals surface area contributed by atoms with E-state index in [9.17, 15) is 19.5 Å². The van der Waals surface area contributed by atoms with Gasteiger partial charge in [0.2, 0.25) is 5.91 Å². The first-order valence-electron chi connectivity index (χ1n) is 11.6. The average Bonchev–Trinajstić information content (AvgIpc) is 3.36. The zero-order valence-electron chi connectivity index (χ0n) is 18.4. The summed E-state index contributed by atoms with van der Waals surface area (Å²) in [6, 6.07) is 16.3. The zero-order valence-corrected chi connectivity index (χ0v) is 18.4. The topological polar surface area (TPSA) is 105 Å². The summed E-state index contributed by atoms with van der Waals surface area (Å²) in [6.07, 6.45) is 3.19. The van der Waals surface area contributed by atoms with Crippen LogP contribution in [0.5, 0.6) is 0 Å². The van der Waals surface area contributed by atoms with Crippen molar-refractivity contribution in [1.82, 2.24) is 10.6 Å². The highest BCUT2D eigenvalue weighted by Crippen LogP contribution is 2.46. The summed E-state index contributed by atoms with van der Waals surface area (Å²) in [7, 11) is 0. The number of carboxylic acid groups (broad SMARTS) is 1. The average molecular weight is 449 g/mol. The maximum Gasteiger partial charge on any atom is 0.408 e. The third-order valence-electron chi connectivity index (χ3n) is 7.47. The summed E-state index contributed by atoms with van der Waals surface area (Å²) >= 11 is 0. The number of nitrogens with one attached hydrogen (secondary N) is 2. The van der Waals surface area contributed by atoms with Crippen LogP contribution in [-0.4, -0.2) is 41.8 Å². The molecule has 0 atom stereocenters. The minimum atomic E-state index is -1.04. The first-order chi connectivity index (χ1) is 15.9. The second kappa shape index (κ2) is 8.21. The summed E-state index contributed by atoms with van der Waals surface area (Å²) in [5.41, 5.74) is 2.67. The molecular weight excluding hydrogens is 420 g/mol. The highest BCUT2D eigenvalue weighted by atomic mass is 16.5. The maximum absolute atomic E-state index is 13.0. The van der Waals surface area contributed by atoms with Crippen molar-refractivity contribution in [2.75, 3.05) is 13.2 Å². The Balaban J connectivity index is 1.24. The highest BCUT2D eigenvalue weighted by Gasteiger charge is 2.52. The van der Waals surface area contributed by atoms with E-state index in [2.05, 4.69) is 34.9 Å². The first kappa shape index (κ1) is 21.5. The number of ether oxygens (including phenoxy) is 1. The number of aliphatic carboxylic acids is 1. The molecule has 0 radical (unpaired) electrons. The summed E-state index contributed by atoms with van der Waals surface area (Å²) in [6.45, 7) is 0.273. The lowest BCUT2D eigenvalue weighted by Crippen LogP contribution is -2.58. The van der Waals surface area contributed by atoms with Crippen LogP contribution < -0.4 is 10.6 Å². The van der Waals surface area contributed by atoms with Crippen LogP contribution in [0.15, 0.2) is 48.5 Å². The van der Waals surface area contributed by atoms with Gasteiger partial charge in [0, 0.05) is 12.5 Å². The minimum Gasteiger partial charge on any atom is -0.481 e. The van der Waals surface area contributed by atoms with Crippen molar-refractivity contribution in [1.29, 1.82) is 0 Å². The standard InChI is InChI=1S/C26H28N2O5/c29-22(27-16-25(13-14-25)23(30)31)26(11-5-6-12-26)28-24(32)33-15-21-19-9-3-1-7-17(19)18-8-2-4-10-20(18)21/h1-4,7-10,21H,5-6,11-16H2,(H,27,29)(H,28,32)(H,30,31). The molecule has 2 aromatic carbocycles. The highest BCUT2D eigenvalue weighted by molar-refractivity contribution is 5.91. The van der Waals surface area contributed by atoms with Crippen LogP contribution in [0.3, 0.4) is 0 Å². The predicted molar refractivity (Wildman–Crippen MR) is 122 cm³/mol. The Labute approximate surface area is 192 Å².